The molecule has 4 aliphatic carbocycles. The molecule has 3 saturated carbocycles. The van der Waals surface area contributed by atoms with Crippen molar-refractivity contribution >= 4 is 17.5 Å². The summed E-state index contributed by atoms with van der Waals surface area (Å²) in [5, 5.41) is 11.2. The van der Waals surface area contributed by atoms with Crippen molar-refractivity contribution in [3.05, 3.63) is 23.8 Å². The van der Waals surface area contributed by atoms with Crippen LogP contribution < -0.4 is 0 Å². The maximum absolute atomic E-state index is 16.9. The van der Waals surface area contributed by atoms with Gasteiger partial charge in [0.1, 0.15) is 0 Å². The number of aliphatic hydroxyl groups is 1. The first-order valence-corrected chi connectivity index (χ1v) is 11.3. The normalized spacial score (nSPS) is 52.9. The highest BCUT2D eigenvalue weighted by Crippen LogP contribution is 2.72. The SMILES string of the molecule is CC[C@]1(SC)CC[C@H]2[C@@H]3CCC4=CC(=O)C=C[C@]4(C)[C@@]3(F)[C@@H](O)C[C@@]21C. The summed E-state index contributed by atoms with van der Waals surface area (Å²) in [6.07, 6.45) is 11.3. The Bertz CT molecular complexity index is 696. The second-order valence-electron chi connectivity index (χ2n) is 9.36. The molecule has 0 aromatic carbocycles. The Morgan fingerprint density at radius 3 is 2.69 bits per heavy atom. The van der Waals surface area contributed by atoms with Gasteiger partial charge in [-0.15, -0.1) is 0 Å². The molecule has 0 amide bonds. The van der Waals surface area contributed by atoms with E-state index in [4.69, 9.17) is 0 Å². The number of carbonyl (C=O) groups is 1. The van der Waals surface area contributed by atoms with Gasteiger partial charge in [-0.1, -0.05) is 25.5 Å². The third-order valence-electron chi connectivity index (χ3n) is 8.89. The molecule has 0 saturated heterocycles. The molecule has 0 aliphatic heterocycles. The molecular formula is C22H31FO2S. The molecule has 0 aromatic rings. The Morgan fingerprint density at radius 1 is 1.31 bits per heavy atom. The molecule has 2 nitrogen and oxygen atoms in total. The molecule has 4 aliphatic rings. The minimum Gasteiger partial charge on any atom is -0.390 e. The second-order valence-corrected chi connectivity index (χ2v) is 10.5. The Labute approximate surface area is 160 Å². The lowest BCUT2D eigenvalue weighted by Gasteiger charge is -2.63. The Balaban J connectivity index is 1.82. The van der Waals surface area contributed by atoms with Crippen molar-refractivity contribution in [2.24, 2.45) is 22.7 Å². The third kappa shape index (κ3) is 1.96. The largest absolute Gasteiger partial charge is 0.390 e. The highest BCUT2D eigenvalue weighted by Gasteiger charge is 2.72. The van der Waals surface area contributed by atoms with E-state index in [1.807, 2.05) is 18.7 Å². The summed E-state index contributed by atoms with van der Waals surface area (Å²) in [6, 6.07) is 0. The molecule has 0 spiro atoms. The van der Waals surface area contributed by atoms with Crippen molar-refractivity contribution in [1.82, 2.24) is 0 Å². The van der Waals surface area contributed by atoms with Crippen LogP contribution >= 0.6 is 11.8 Å². The third-order valence-corrected chi connectivity index (χ3v) is 10.6. The predicted octanol–water partition coefficient (Wildman–Crippen LogP) is 4.87. The van der Waals surface area contributed by atoms with Crippen molar-refractivity contribution in [2.45, 2.75) is 75.8 Å². The van der Waals surface area contributed by atoms with Crippen LogP contribution in [0.2, 0.25) is 0 Å². The van der Waals surface area contributed by atoms with Crippen LogP contribution in [0.1, 0.15) is 59.3 Å². The first kappa shape index (κ1) is 18.7. The molecule has 4 heteroatoms. The number of thioether (sulfide) groups is 1. The van der Waals surface area contributed by atoms with Crippen LogP contribution in [0.25, 0.3) is 0 Å². The van der Waals surface area contributed by atoms with Gasteiger partial charge in [-0.05, 0) is 75.2 Å². The van der Waals surface area contributed by atoms with Crippen molar-refractivity contribution in [1.29, 1.82) is 0 Å². The van der Waals surface area contributed by atoms with E-state index in [0.717, 1.165) is 37.7 Å². The van der Waals surface area contributed by atoms with E-state index < -0.39 is 17.2 Å². The Kier molecular flexibility index (Phi) is 4.11. The summed E-state index contributed by atoms with van der Waals surface area (Å²) in [5.74, 6) is 0.104. The molecule has 26 heavy (non-hydrogen) atoms. The zero-order valence-corrected chi connectivity index (χ0v) is 17.2. The average Bonchev–Trinajstić information content (AvgIpc) is 2.89. The van der Waals surface area contributed by atoms with E-state index in [0.29, 0.717) is 12.3 Å². The number of fused-ring (bicyclic) bond motifs is 5. The van der Waals surface area contributed by atoms with Gasteiger partial charge in [0.25, 0.3) is 0 Å². The topological polar surface area (TPSA) is 37.3 Å². The van der Waals surface area contributed by atoms with Gasteiger partial charge < -0.3 is 5.11 Å². The molecule has 1 N–H and O–H groups in total. The fraction of sp³-hybridized carbons (Fsp3) is 0.773. The standard InChI is InChI=1S/C22H31FO2S/c1-5-21(26-4)11-9-16-17-7-6-14-12-15(24)8-10-19(14,2)22(17,23)18(25)13-20(16,21)3/h8,10,12,16-18,25H,5-7,9,11,13H2,1-4H3/t16-,17-,18-,19-,20-,21-,22-/m0/s1. The highest BCUT2D eigenvalue weighted by atomic mass is 32.2. The van der Waals surface area contributed by atoms with Crippen molar-refractivity contribution in [3.63, 3.8) is 0 Å². The van der Waals surface area contributed by atoms with Crippen LogP contribution in [0.15, 0.2) is 23.8 Å². The molecule has 0 radical (unpaired) electrons. The number of ketones is 1. The molecule has 144 valence electrons. The molecule has 3 fully saturated rings. The zero-order valence-electron chi connectivity index (χ0n) is 16.3. The maximum atomic E-state index is 16.9. The lowest BCUT2D eigenvalue weighted by molar-refractivity contribution is -0.192. The number of halogens is 1. The van der Waals surface area contributed by atoms with Gasteiger partial charge in [-0.25, -0.2) is 4.39 Å². The summed E-state index contributed by atoms with van der Waals surface area (Å²) in [4.78, 5) is 11.9. The van der Waals surface area contributed by atoms with Crippen LogP contribution in [-0.2, 0) is 4.79 Å². The molecule has 4 rings (SSSR count). The summed E-state index contributed by atoms with van der Waals surface area (Å²) in [7, 11) is 0. The van der Waals surface area contributed by atoms with Crippen molar-refractivity contribution < 1.29 is 14.3 Å². The minimum atomic E-state index is -1.68. The molecule has 0 unspecified atom stereocenters. The number of aliphatic hydroxyl groups excluding tert-OH is 1. The van der Waals surface area contributed by atoms with Gasteiger partial charge in [-0.2, -0.15) is 11.8 Å². The predicted molar refractivity (Wildman–Crippen MR) is 105 cm³/mol. The molecule has 0 aromatic heterocycles. The number of hydrogen-bond donors (Lipinski definition) is 1. The maximum Gasteiger partial charge on any atom is 0.178 e. The molecular weight excluding hydrogens is 347 g/mol. The smallest absolute Gasteiger partial charge is 0.178 e. The van der Waals surface area contributed by atoms with E-state index in [-0.39, 0.29) is 21.9 Å². The van der Waals surface area contributed by atoms with Gasteiger partial charge in [0.15, 0.2) is 11.5 Å². The fourth-order valence-corrected chi connectivity index (χ4v) is 8.66. The highest BCUT2D eigenvalue weighted by molar-refractivity contribution is 8.00. The van der Waals surface area contributed by atoms with E-state index >= 15 is 4.39 Å². The first-order chi connectivity index (χ1) is 12.2. The number of hydrogen-bond acceptors (Lipinski definition) is 3. The van der Waals surface area contributed by atoms with Crippen LogP contribution in [0.3, 0.4) is 0 Å². The lowest BCUT2D eigenvalue weighted by Crippen LogP contribution is -2.67. The van der Waals surface area contributed by atoms with Gasteiger partial charge in [0, 0.05) is 16.1 Å². The Hall–Kier alpha value is -0.610. The van der Waals surface area contributed by atoms with E-state index in [2.05, 4.69) is 20.1 Å². The van der Waals surface area contributed by atoms with E-state index in [1.165, 1.54) is 6.08 Å². The quantitative estimate of drug-likeness (QED) is 0.745. The van der Waals surface area contributed by atoms with Crippen molar-refractivity contribution in [3.8, 4) is 0 Å². The van der Waals surface area contributed by atoms with Gasteiger partial charge in [-0.3, -0.25) is 4.79 Å². The molecule has 0 heterocycles. The lowest BCUT2D eigenvalue weighted by atomic mass is 9.45. The molecule has 0 bridgehead atoms. The zero-order chi connectivity index (χ0) is 19.0. The van der Waals surface area contributed by atoms with Crippen LogP contribution in [0, 0.1) is 22.7 Å². The second kappa shape index (κ2) is 5.70. The van der Waals surface area contributed by atoms with E-state index in [9.17, 15) is 9.90 Å². The van der Waals surface area contributed by atoms with Crippen molar-refractivity contribution in [2.75, 3.05) is 6.26 Å². The van der Waals surface area contributed by atoms with Gasteiger partial charge in [0.05, 0.1) is 6.10 Å². The fourth-order valence-electron chi connectivity index (χ4n) is 7.35. The summed E-state index contributed by atoms with van der Waals surface area (Å²) in [5.41, 5.74) is -1.70. The van der Waals surface area contributed by atoms with E-state index in [1.54, 1.807) is 12.2 Å². The molecule has 7 atom stereocenters. The van der Waals surface area contributed by atoms with Crippen LogP contribution in [0.4, 0.5) is 4.39 Å². The Morgan fingerprint density at radius 2 is 2.04 bits per heavy atom. The van der Waals surface area contributed by atoms with Crippen LogP contribution in [-0.4, -0.2) is 33.7 Å². The number of rotatable bonds is 2. The number of alkyl halides is 1. The minimum absolute atomic E-state index is 0.0351. The number of carbonyl (C=O) groups excluding carboxylic acids is 1. The summed E-state index contributed by atoms with van der Waals surface area (Å²) in [6.45, 7) is 6.45. The van der Waals surface area contributed by atoms with Crippen LogP contribution in [0.5, 0.6) is 0 Å². The average molecular weight is 379 g/mol. The first-order valence-electron chi connectivity index (χ1n) is 10.0. The van der Waals surface area contributed by atoms with Gasteiger partial charge >= 0.3 is 0 Å². The summed E-state index contributed by atoms with van der Waals surface area (Å²) >= 11 is 1.92. The summed E-state index contributed by atoms with van der Waals surface area (Å²) < 4.78 is 17.0. The monoisotopic (exact) mass is 378 g/mol. The number of allylic oxidation sites excluding steroid dienone is 4. The van der Waals surface area contributed by atoms with Gasteiger partial charge in [0.2, 0.25) is 0 Å².